The van der Waals surface area contributed by atoms with Gasteiger partial charge in [0.05, 0.1) is 22.3 Å². The van der Waals surface area contributed by atoms with Crippen molar-refractivity contribution in [3.05, 3.63) is 35.5 Å². The first kappa shape index (κ1) is 15.7. The second kappa shape index (κ2) is 6.16. The van der Waals surface area contributed by atoms with Crippen LogP contribution in [0.5, 0.6) is 0 Å². The van der Waals surface area contributed by atoms with E-state index in [1.807, 2.05) is 36.7 Å². The van der Waals surface area contributed by atoms with E-state index in [9.17, 15) is 4.79 Å². The van der Waals surface area contributed by atoms with Gasteiger partial charge in [0.2, 0.25) is 0 Å². The molecule has 0 spiro atoms. The van der Waals surface area contributed by atoms with Crippen molar-refractivity contribution in [2.75, 3.05) is 19.6 Å². The number of fused-ring (bicyclic) bond motifs is 3. The van der Waals surface area contributed by atoms with Crippen molar-refractivity contribution in [1.29, 1.82) is 0 Å². The van der Waals surface area contributed by atoms with Crippen molar-refractivity contribution >= 4 is 22.5 Å². The third kappa shape index (κ3) is 2.55. The Labute approximate surface area is 136 Å². The second-order valence-electron chi connectivity index (χ2n) is 5.94. The number of hydrogen-bond donors (Lipinski definition) is 0. The molecule has 3 aromatic rings. The van der Waals surface area contributed by atoms with E-state index in [-0.39, 0.29) is 5.78 Å². The lowest BCUT2D eigenvalue weighted by Gasteiger charge is -2.17. The van der Waals surface area contributed by atoms with Gasteiger partial charge in [-0.3, -0.25) is 4.79 Å². The number of imidazole rings is 1. The highest BCUT2D eigenvalue weighted by molar-refractivity contribution is 6.04. The van der Waals surface area contributed by atoms with Gasteiger partial charge in [0.1, 0.15) is 5.65 Å². The minimum absolute atomic E-state index is 0.176. The van der Waals surface area contributed by atoms with Crippen LogP contribution in [0.25, 0.3) is 16.7 Å². The molecule has 2 aromatic heterocycles. The van der Waals surface area contributed by atoms with Gasteiger partial charge < -0.3 is 9.47 Å². The van der Waals surface area contributed by atoms with Crippen LogP contribution in [0.1, 0.15) is 36.3 Å². The molecule has 0 radical (unpaired) electrons. The Hall–Kier alpha value is -2.14. The van der Waals surface area contributed by atoms with Gasteiger partial charge in [-0.05, 0) is 32.1 Å². The highest BCUT2D eigenvalue weighted by atomic mass is 16.1. The van der Waals surface area contributed by atoms with Crippen molar-refractivity contribution in [3.8, 4) is 0 Å². The molecule has 0 saturated carbocycles. The Morgan fingerprint density at radius 1 is 1.17 bits per heavy atom. The molecule has 5 nitrogen and oxygen atoms in total. The fourth-order valence-electron chi connectivity index (χ4n) is 3.28. The van der Waals surface area contributed by atoms with Crippen LogP contribution >= 0.6 is 0 Å². The van der Waals surface area contributed by atoms with Crippen LogP contribution in [0.3, 0.4) is 0 Å². The summed E-state index contributed by atoms with van der Waals surface area (Å²) < 4.78 is 3.97. The van der Waals surface area contributed by atoms with Crippen molar-refractivity contribution < 1.29 is 4.79 Å². The molecule has 0 atom stereocenters. The van der Waals surface area contributed by atoms with Crippen molar-refractivity contribution in [2.45, 2.75) is 27.2 Å². The largest absolute Gasteiger partial charge is 0.327 e. The van der Waals surface area contributed by atoms with Crippen molar-refractivity contribution in [2.24, 2.45) is 7.05 Å². The van der Waals surface area contributed by atoms with E-state index < -0.39 is 0 Å². The maximum Gasteiger partial charge on any atom is 0.169 e. The van der Waals surface area contributed by atoms with Crippen LogP contribution in [0, 0.1) is 6.92 Å². The Morgan fingerprint density at radius 3 is 2.48 bits per heavy atom. The van der Waals surface area contributed by atoms with Gasteiger partial charge in [-0.15, -0.1) is 0 Å². The standard InChI is InChI=1S/C18H24N4O/c1-5-21(6-2)12-11-16(23)17-13(3)19-22-15-10-8-7-9-14(15)20(4)18(17)22/h7-10H,5-6,11-12H2,1-4H3. The molecule has 122 valence electrons. The maximum atomic E-state index is 12.8. The quantitative estimate of drug-likeness (QED) is 0.657. The molecule has 2 heterocycles. The van der Waals surface area contributed by atoms with Crippen LogP contribution in [-0.2, 0) is 7.05 Å². The Balaban J connectivity index is 2.03. The number of para-hydroxylation sites is 2. The molecular formula is C18H24N4O. The van der Waals surface area contributed by atoms with Crippen molar-refractivity contribution in [1.82, 2.24) is 19.1 Å². The van der Waals surface area contributed by atoms with Gasteiger partial charge in [-0.1, -0.05) is 26.0 Å². The molecule has 0 unspecified atom stereocenters. The van der Waals surface area contributed by atoms with E-state index in [4.69, 9.17) is 0 Å². The van der Waals surface area contributed by atoms with E-state index >= 15 is 0 Å². The van der Waals surface area contributed by atoms with Crippen LogP contribution < -0.4 is 0 Å². The highest BCUT2D eigenvalue weighted by Gasteiger charge is 2.22. The summed E-state index contributed by atoms with van der Waals surface area (Å²) >= 11 is 0. The lowest BCUT2D eigenvalue weighted by molar-refractivity contribution is 0.0967. The zero-order valence-corrected chi connectivity index (χ0v) is 14.3. The molecule has 0 amide bonds. The Kier molecular flexibility index (Phi) is 4.22. The molecule has 23 heavy (non-hydrogen) atoms. The van der Waals surface area contributed by atoms with E-state index in [1.165, 1.54) is 0 Å². The number of hydrogen-bond acceptors (Lipinski definition) is 3. The molecule has 0 saturated heterocycles. The van der Waals surface area contributed by atoms with Crippen LogP contribution in [0.15, 0.2) is 24.3 Å². The lowest BCUT2D eigenvalue weighted by Crippen LogP contribution is -2.25. The monoisotopic (exact) mass is 312 g/mol. The average molecular weight is 312 g/mol. The summed E-state index contributed by atoms with van der Waals surface area (Å²) in [4.78, 5) is 15.1. The van der Waals surface area contributed by atoms with Crippen LogP contribution in [0.4, 0.5) is 0 Å². The van der Waals surface area contributed by atoms with E-state index in [1.54, 1.807) is 0 Å². The third-order valence-electron chi connectivity index (χ3n) is 4.65. The molecule has 0 aliphatic heterocycles. The SMILES string of the molecule is CCN(CC)CCC(=O)c1c(C)nn2c3ccccc3n(C)c12. The summed E-state index contributed by atoms with van der Waals surface area (Å²) in [5.74, 6) is 0.176. The van der Waals surface area contributed by atoms with Gasteiger partial charge in [0, 0.05) is 20.0 Å². The molecule has 0 bridgehead atoms. The minimum atomic E-state index is 0.176. The van der Waals surface area contributed by atoms with Gasteiger partial charge in [-0.2, -0.15) is 5.10 Å². The van der Waals surface area contributed by atoms with E-state index in [0.29, 0.717) is 6.42 Å². The molecule has 0 N–H and O–H groups in total. The number of ketones is 1. The number of nitrogens with zero attached hydrogens (tertiary/aromatic N) is 4. The molecule has 0 aliphatic carbocycles. The summed E-state index contributed by atoms with van der Waals surface area (Å²) in [6, 6.07) is 8.11. The first-order valence-electron chi connectivity index (χ1n) is 8.26. The van der Waals surface area contributed by atoms with E-state index in [2.05, 4.69) is 34.5 Å². The Morgan fingerprint density at radius 2 is 1.83 bits per heavy atom. The fourth-order valence-corrected chi connectivity index (χ4v) is 3.28. The smallest absolute Gasteiger partial charge is 0.169 e. The van der Waals surface area contributed by atoms with Crippen LogP contribution in [-0.4, -0.2) is 44.5 Å². The molecule has 3 rings (SSSR count). The van der Waals surface area contributed by atoms with Crippen LogP contribution in [0.2, 0.25) is 0 Å². The number of carbonyl (C=O) groups excluding carboxylic acids is 1. The first-order chi connectivity index (χ1) is 11.1. The summed E-state index contributed by atoms with van der Waals surface area (Å²) in [5.41, 5.74) is 4.60. The fraction of sp³-hybridized carbons (Fsp3) is 0.444. The minimum Gasteiger partial charge on any atom is -0.327 e. The second-order valence-corrected chi connectivity index (χ2v) is 5.94. The summed E-state index contributed by atoms with van der Waals surface area (Å²) in [6.07, 6.45) is 0.533. The summed E-state index contributed by atoms with van der Waals surface area (Å²) in [5, 5.41) is 4.61. The molecule has 0 aliphatic rings. The zero-order valence-electron chi connectivity index (χ0n) is 14.3. The summed E-state index contributed by atoms with van der Waals surface area (Å²) in [7, 11) is 2.00. The topological polar surface area (TPSA) is 42.5 Å². The van der Waals surface area contributed by atoms with Gasteiger partial charge in [0.25, 0.3) is 0 Å². The number of aromatic nitrogens is 3. The lowest BCUT2D eigenvalue weighted by atomic mass is 10.1. The number of benzene rings is 1. The number of aryl methyl sites for hydroxylation is 2. The van der Waals surface area contributed by atoms with E-state index in [0.717, 1.165) is 47.6 Å². The molecule has 0 fully saturated rings. The molecular weight excluding hydrogens is 288 g/mol. The van der Waals surface area contributed by atoms with Gasteiger partial charge in [-0.25, -0.2) is 4.52 Å². The Bertz CT molecular complexity index is 855. The predicted octanol–water partition coefficient (Wildman–Crippen LogP) is 3.05. The first-order valence-corrected chi connectivity index (χ1v) is 8.26. The number of carbonyl (C=O) groups is 1. The highest BCUT2D eigenvalue weighted by Crippen LogP contribution is 2.25. The van der Waals surface area contributed by atoms with Gasteiger partial charge >= 0.3 is 0 Å². The average Bonchev–Trinajstić information content (AvgIpc) is 3.04. The number of Topliss-reactive ketones (excluding diaryl/α,β-unsaturated/α-hetero) is 1. The molecule has 5 heteroatoms. The maximum absolute atomic E-state index is 12.8. The predicted molar refractivity (Wildman–Crippen MR) is 93.1 cm³/mol. The van der Waals surface area contributed by atoms with Crippen molar-refractivity contribution in [3.63, 3.8) is 0 Å². The zero-order chi connectivity index (χ0) is 16.6. The summed E-state index contributed by atoms with van der Waals surface area (Å²) in [6.45, 7) is 8.92. The third-order valence-corrected chi connectivity index (χ3v) is 4.65. The normalized spacial score (nSPS) is 11.9. The molecule has 1 aromatic carbocycles. The number of rotatable bonds is 6. The van der Waals surface area contributed by atoms with Gasteiger partial charge in [0.15, 0.2) is 5.78 Å².